The molecule has 3 rings (SSSR count). The van der Waals surface area contributed by atoms with Gasteiger partial charge in [-0.05, 0) is 24.5 Å². The summed E-state index contributed by atoms with van der Waals surface area (Å²) in [5.41, 5.74) is 1.88. The highest BCUT2D eigenvalue weighted by Gasteiger charge is 2.58. The highest BCUT2D eigenvalue weighted by Crippen LogP contribution is 2.50. The molecule has 2 N–H and O–H groups in total. The number of β-lactam (4-membered cyclic amide) rings is 1. The quantitative estimate of drug-likeness (QED) is 0.631. The van der Waals surface area contributed by atoms with E-state index in [1.807, 2.05) is 6.92 Å². The van der Waals surface area contributed by atoms with Crippen LogP contribution in [0.1, 0.15) is 36.2 Å². The third kappa shape index (κ3) is 2.26. The van der Waals surface area contributed by atoms with Crippen LogP contribution in [0.3, 0.4) is 0 Å². The van der Waals surface area contributed by atoms with E-state index in [9.17, 15) is 19.5 Å². The minimum absolute atomic E-state index is 0.0160. The van der Waals surface area contributed by atoms with Crippen molar-refractivity contribution in [3.05, 3.63) is 41.1 Å². The van der Waals surface area contributed by atoms with Gasteiger partial charge in [0.25, 0.3) is 0 Å². The fourth-order valence-corrected chi connectivity index (χ4v) is 3.85. The van der Waals surface area contributed by atoms with E-state index in [1.54, 1.807) is 24.3 Å². The lowest BCUT2D eigenvalue weighted by atomic mass is 9.78. The number of amides is 1. The molecule has 6 heteroatoms. The van der Waals surface area contributed by atoms with Crippen LogP contribution in [0.4, 0.5) is 0 Å². The van der Waals surface area contributed by atoms with E-state index in [0.717, 1.165) is 0 Å². The summed E-state index contributed by atoms with van der Waals surface area (Å²) in [7, 11) is 0. The zero-order valence-electron chi connectivity index (χ0n) is 13.5. The van der Waals surface area contributed by atoms with Crippen LogP contribution in [0, 0.1) is 11.8 Å². The summed E-state index contributed by atoms with van der Waals surface area (Å²) < 4.78 is 0. The second-order valence-electron chi connectivity index (χ2n) is 6.31. The molecule has 24 heavy (non-hydrogen) atoms. The first-order valence-electron chi connectivity index (χ1n) is 7.91. The first kappa shape index (κ1) is 16.4. The standard InChI is InChI=1S/C18H19NO5/c1-9-14(12-5-3-11(4-6-12)10(2)21)16(18(23)24)19-15(9)13(7-8-20)17(19)22/h3-6,9,13,15,20H,7-8H2,1-2H3,(H,23,24)/t9-,13-,15+/m0/s1. The molecule has 0 aromatic heterocycles. The molecule has 2 aliphatic rings. The summed E-state index contributed by atoms with van der Waals surface area (Å²) in [5, 5.41) is 18.7. The van der Waals surface area contributed by atoms with E-state index in [2.05, 4.69) is 0 Å². The van der Waals surface area contributed by atoms with Crippen molar-refractivity contribution in [3.8, 4) is 0 Å². The molecular formula is C18H19NO5. The molecule has 3 atom stereocenters. The molecule has 2 heterocycles. The number of hydrogen-bond acceptors (Lipinski definition) is 4. The van der Waals surface area contributed by atoms with Gasteiger partial charge in [-0.25, -0.2) is 4.79 Å². The number of aliphatic carboxylic acids is 1. The average molecular weight is 329 g/mol. The minimum atomic E-state index is -1.13. The van der Waals surface area contributed by atoms with Gasteiger partial charge >= 0.3 is 5.97 Å². The normalized spacial score (nSPS) is 25.5. The van der Waals surface area contributed by atoms with Crippen molar-refractivity contribution in [3.63, 3.8) is 0 Å². The van der Waals surface area contributed by atoms with E-state index in [0.29, 0.717) is 23.1 Å². The molecule has 1 aromatic rings. The number of nitrogens with zero attached hydrogens (tertiary/aromatic N) is 1. The number of carbonyl (C=O) groups is 3. The van der Waals surface area contributed by atoms with Crippen molar-refractivity contribution in [1.29, 1.82) is 0 Å². The molecular weight excluding hydrogens is 310 g/mol. The van der Waals surface area contributed by atoms with Crippen LogP contribution in [-0.4, -0.2) is 45.4 Å². The Bertz CT molecular complexity index is 749. The van der Waals surface area contributed by atoms with E-state index in [4.69, 9.17) is 5.11 Å². The Hall–Kier alpha value is -2.47. The number of aliphatic hydroxyl groups excluding tert-OH is 1. The summed E-state index contributed by atoms with van der Waals surface area (Å²) in [6.07, 6.45) is 0.341. The van der Waals surface area contributed by atoms with Crippen LogP contribution in [0.15, 0.2) is 30.0 Å². The number of hydrogen-bond donors (Lipinski definition) is 2. The Morgan fingerprint density at radius 2 is 1.83 bits per heavy atom. The maximum absolute atomic E-state index is 12.3. The van der Waals surface area contributed by atoms with Crippen molar-refractivity contribution in [2.75, 3.05) is 6.61 Å². The van der Waals surface area contributed by atoms with Gasteiger partial charge in [0.1, 0.15) is 5.70 Å². The SMILES string of the molecule is CC(=O)c1ccc(C2=C(C(=O)O)N3C(=O)[C@@H](CCO)[C@H]3[C@H]2C)cc1. The molecule has 2 aliphatic heterocycles. The Morgan fingerprint density at radius 3 is 2.33 bits per heavy atom. The topological polar surface area (TPSA) is 94.9 Å². The highest BCUT2D eigenvalue weighted by molar-refractivity contribution is 6.06. The number of benzene rings is 1. The molecule has 0 spiro atoms. The van der Waals surface area contributed by atoms with Crippen LogP contribution < -0.4 is 0 Å². The zero-order valence-corrected chi connectivity index (χ0v) is 13.5. The molecule has 1 amide bonds. The average Bonchev–Trinajstić information content (AvgIpc) is 2.82. The Kier molecular flexibility index (Phi) is 4.01. The predicted octanol–water partition coefficient (Wildman–Crippen LogP) is 1.54. The molecule has 1 aromatic carbocycles. The smallest absolute Gasteiger partial charge is 0.352 e. The molecule has 126 valence electrons. The van der Waals surface area contributed by atoms with Crippen molar-refractivity contribution in [2.24, 2.45) is 11.8 Å². The molecule has 6 nitrogen and oxygen atoms in total. The lowest BCUT2D eigenvalue weighted by Crippen LogP contribution is -2.60. The number of fused-ring (bicyclic) bond motifs is 1. The van der Waals surface area contributed by atoms with Gasteiger partial charge in [0.2, 0.25) is 5.91 Å². The lowest BCUT2D eigenvalue weighted by molar-refractivity contribution is -0.157. The number of rotatable bonds is 5. The molecule has 0 unspecified atom stereocenters. The number of aliphatic hydroxyl groups is 1. The third-order valence-electron chi connectivity index (χ3n) is 4.97. The Morgan fingerprint density at radius 1 is 1.21 bits per heavy atom. The number of carboxylic acid groups (broad SMARTS) is 1. The van der Waals surface area contributed by atoms with E-state index in [1.165, 1.54) is 11.8 Å². The largest absolute Gasteiger partial charge is 0.477 e. The second-order valence-corrected chi connectivity index (χ2v) is 6.31. The van der Waals surface area contributed by atoms with Crippen LogP contribution in [-0.2, 0) is 9.59 Å². The monoisotopic (exact) mass is 329 g/mol. The van der Waals surface area contributed by atoms with Gasteiger partial charge in [0.15, 0.2) is 5.78 Å². The summed E-state index contributed by atoms with van der Waals surface area (Å²) >= 11 is 0. The predicted molar refractivity (Wildman–Crippen MR) is 86.0 cm³/mol. The Labute approximate surface area is 139 Å². The maximum atomic E-state index is 12.3. The van der Waals surface area contributed by atoms with Crippen LogP contribution >= 0.6 is 0 Å². The van der Waals surface area contributed by atoms with Crippen LogP contribution in [0.2, 0.25) is 0 Å². The van der Waals surface area contributed by atoms with Gasteiger partial charge in [-0.1, -0.05) is 31.2 Å². The van der Waals surface area contributed by atoms with Gasteiger partial charge < -0.3 is 15.1 Å². The number of carbonyl (C=O) groups excluding carboxylic acids is 2. The fourth-order valence-electron chi connectivity index (χ4n) is 3.85. The van der Waals surface area contributed by atoms with Gasteiger partial charge in [-0.15, -0.1) is 0 Å². The van der Waals surface area contributed by atoms with Crippen LogP contribution in [0.25, 0.3) is 5.57 Å². The molecule has 1 fully saturated rings. The minimum Gasteiger partial charge on any atom is -0.477 e. The van der Waals surface area contributed by atoms with E-state index < -0.39 is 5.97 Å². The molecule has 0 bridgehead atoms. The molecule has 1 saturated heterocycles. The van der Waals surface area contributed by atoms with Gasteiger partial charge in [-0.3, -0.25) is 9.59 Å². The molecule has 0 aliphatic carbocycles. The van der Waals surface area contributed by atoms with Crippen molar-refractivity contribution < 1.29 is 24.6 Å². The molecule has 0 saturated carbocycles. The fraction of sp³-hybridized carbons (Fsp3) is 0.389. The summed E-state index contributed by atoms with van der Waals surface area (Å²) in [6.45, 7) is 3.27. The third-order valence-corrected chi connectivity index (χ3v) is 4.97. The number of Topliss-reactive ketones (excluding diaryl/α,β-unsaturated/α-hetero) is 1. The highest BCUT2D eigenvalue weighted by atomic mass is 16.4. The number of ketones is 1. The zero-order chi connectivity index (χ0) is 17.6. The first-order valence-corrected chi connectivity index (χ1v) is 7.91. The van der Waals surface area contributed by atoms with Crippen molar-refractivity contribution in [1.82, 2.24) is 4.90 Å². The van der Waals surface area contributed by atoms with Crippen molar-refractivity contribution >= 4 is 23.2 Å². The molecule has 0 radical (unpaired) electrons. The number of carboxylic acids is 1. The summed E-state index contributed by atoms with van der Waals surface area (Å²) in [6, 6.07) is 6.56. The van der Waals surface area contributed by atoms with Gasteiger partial charge in [0, 0.05) is 18.1 Å². The lowest BCUT2D eigenvalue weighted by Gasteiger charge is -2.45. The summed E-state index contributed by atoms with van der Waals surface area (Å²) in [4.78, 5) is 36.8. The summed E-state index contributed by atoms with van der Waals surface area (Å²) in [5.74, 6) is -1.92. The van der Waals surface area contributed by atoms with Crippen LogP contribution in [0.5, 0.6) is 0 Å². The second kappa shape index (κ2) is 5.87. The maximum Gasteiger partial charge on any atom is 0.352 e. The van der Waals surface area contributed by atoms with E-state index in [-0.39, 0.29) is 41.9 Å². The van der Waals surface area contributed by atoms with Gasteiger partial charge in [0.05, 0.1) is 12.0 Å². The first-order chi connectivity index (χ1) is 11.4. The van der Waals surface area contributed by atoms with E-state index >= 15 is 0 Å². The van der Waals surface area contributed by atoms with Gasteiger partial charge in [-0.2, -0.15) is 0 Å². The van der Waals surface area contributed by atoms with Crippen molar-refractivity contribution in [2.45, 2.75) is 26.3 Å². The Balaban J connectivity index is 2.04.